The number of nitrogens with one attached hydrogen (secondary N) is 2. The van der Waals surface area contributed by atoms with E-state index < -0.39 is 28.5 Å². The zero-order valence-corrected chi connectivity index (χ0v) is 16.0. The van der Waals surface area contributed by atoms with Crippen molar-refractivity contribution in [2.24, 2.45) is 4.99 Å². The van der Waals surface area contributed by atoms with E-state index >= 15 is 0 Å². The van der Waals surface area contributed by atoms with Crippen molar-refractivity contribution in [3.63, 3.8) is 0 Å². The van der Waals surface area contributed by atoms with E-state index in [0.29, 0.717) is 11.3 Å². The number of benzene rings is 2. The number of amides is 1. The minimum absolute atomic E-state index is 0.0322. The van der Waals surface area contributed by atoms with Gasteiger partial charge in [-0.2, -0.15) is 0 Å². The molecule has 1 aliphatic rings. The van der Waals surface area contributed by atoms with Gasteiger partial charge in [0.1, 0.15) is 5.84 Å². The van der Waals surface area contributed by atoms with Crippen molar-refractivity contribution in [3.8, 4) is 0 Å². The number of ether oxygens (including phenoxy) is 1. The van der Waals surface area contributed by atoms with Gasteiger partial charge in [0.05, 0.1) is 17.9 Å². The van der Waals surface area contributed by atoms with Gasteiger partial charge in [0, 0.05) is 11.3 Å². The first-order chi connectivity index (χ1) is 13.4. The highest BCUT2D eigenvalue weighted by atomic mass is 32.2. The molecular weight excluding hydrogens is 382 g/mol. The van der Waals surface area contributed by atoms with Crippen LogP contribution in [-0.2, 0) is 24.3 Å². The number of para-hydroxylation sites is 1. The molecule has 0 aromatic heterocycles. The lowest BCUT2D eigenvalue weighted by molar-refractivity contribution is -0.147. The Balaban J connectivity index is 1.48. The van der Waals surface area contributed by atoms with Crippen LogP contribution in [0.5, 0.6) is 0 Å². The summed E-state index contributed by atoms with van der Waals surface area (Å²) in [6.07, 6.45) is -0.0783. The third-order valence-corrected chi connectivity index (χ3v) is 5.43. The van der Waals surface area contributed by atoms with Crippen molar-refractivity contribution < 1.29 is 22.7 Å². The number of anilines is 1. The number of amidine groups is 1. The molecule has 0 aliphatic carbocycles. The molecule has 1 amide bonds. The second-order valence-corrected chi connectivity index (χ2v) is 7.76. The van der Waals surface area contributed by atoms with Gasteiger partial charge in [-0.3, -0.25) is 19.3 Å². The van der Waals surface area contributed by atoms with Crippen molar-refractivity contribution in [2.45, 2.75) is 18.2 Å². The van der Waals surface area contributed by atoms with Crippen LogP contribution >= 0.6 is 0 Å². The second-order valence-electron chi connectivity index (χ2n) is 6.11. The fourth-order valence-electron chi connectivity index (χ4n) is 2.63. The van der Waals surface area contributed by atoms with E-state index in [2.05, 4.69) is 15.0 Å². The number of rotatable bonds is 6. The highest BCUT2D eigenvalue weighted by molar-refractivity contribution is 7.90. The van der Waals surface area contributed by atoms with Crippen LogP contribution in [0.25, 0.3) is 0 Å². The summed E-state index contributed by atoms with van der Waals surface area (Å²) in [5.41, 5.74) is 2.02. The summed E-state index contributed by atoms with van der Waals surface area (Å²) in [5, 5.41) is 2.67. The molecule has 28 heavy (non-hydrogen) atoms. The van der Waals surface area contributed by atoms with Gasteiger partial charge in [-0.25, -0.2) is 8.42 Å². The monoisotopic (exact) mass is 401 g/mol. The van der Waals surface area contributed by atoms with Gasteiger partial charge >= 0.3 is 5.97 Å². The molecule has 0 fully saturated rings. The normalized spacial score (nSPS) is 15.5. The van der Waals surface area contributed by atoms with Crippen LogP contribution < -0.4 is 10.0 Å². The number of aliphatic imine (C=N–C) groups is 1. The van der Waals surface area contributed by atoms with E-state index in [1.807, 2.05) is 19.1 Å². The number of hydrogen-bond donors (Lipinski definition) is 2. The Morgan fingerprint density at radius 3 is 2.61 bits per heavy atom. The number of hydrogen-bond acceptors (Lipinski definition) is 6. The summed E-state index contributed by atoms with van der Waals surface area (Å²) in [5.74, 6) is -0.842. The zero-order chi connectivity index (χ0) is 20.1. The average Bonchev–Trinajstić information content (AvgIpc) is 2.93. The standard InChI is InChI=1S/C19H19N3O5S/c1-13-6-2-4-8-15(13)21-17(23)12-27-18(24)10-11-20-19-14-7-3-5-9-16(14)28(25,26)22-19/h2-9H,10-12H2,1H3,(H,20,22)(H,21,23). The first-order valence-corrected chi connectivity index (χ1v) is 10.0. The van der Waals surface area contributed by atoms with Crippen molar-refractivity contribution in [1.29, 1.82) is 0 Å². The molecule has 1 heterocycles. The molecule has 0 spiro atoms. The summed E-state index contributed by atoms with van der Waals surface area (Å²) in [6.45, 7) is 1.49. The number of carbonyl (C=O) groups excluding carboxylic acids is 2. The molecule has 2 aromatic rings. The topological polar surface area (TPSA) is 114 Å². The number of nitrogens with zero attached hydrogens (tertiary/aromatic N) is 1. The molecule has 2 aromatic carbocycles. The lowest BCUT2D eigenvalue weighted by atomic mass is 10.2. The van der Waals surface area contributed by atoms with E-state index in [0.717, 1.165) is 5.56 Å². The first-order valence-electron chi connectivity index (χ1n) is 8.54. The van der Waals surface area contributed by atoms with Gasteiger partial charge in [0.2, 0.25) is 0 Å². The Morgan fingerprint density at radius 2 is 1.82 bits per heavy atom. The van der Waals surface area contributed by atoms with Crippen molar-refractivity contribution in [3.05, 3.63) is 59.7 Å². The molecule has 0 bridgehead atoms. The van der Waals surface area contributed by atoms with Crippen molar-refractivity contribution in [2.75, 3.05) is 18.5 Å². The molecule has 2 N–H and O–H groups in total. The van der Waals surface area contributed by atoms with Crippen LogP contribution in [0.15, 0.2) is 58.4 Å². The minimum atomic E-state index is -3.61. The number of sulfonamides is 1. The molecular formula is C19H19N3O5S. The second kappa shape index (κ2) is 8.22. The van der Waals surface area contributed by atoms with Crippen LogP contribution in [0.4, 0.5) is 5.69 Å². The third kappa shape index (κ3) is 4.55. The summed E-state index contributed by atoms with van der Waals surface area (Å²) in [6, 6.07) is 13.7. The Labute approximate surface area is 162 Å². The maximum absolute atomic E-state index is 12.0. The largest absolute Gasteiger partial charge is 0.456 e. The maximum Gasteiger partial charge on any atom is 0.308 e. The van der Waals surface area contributed by atoms with Gasteiger partial charge in [-0.1, -0.05) is 30.3 Å². The maximum atomic E-state index is 12.0. The molecule has 3 rings (SSSR count). The molecule has 8 nitrogen and oxygen atoms in total. The highest BCUT2D eigenvalue weighted by Crippen LogP contribution is 2.22. The highest BCUT2D eigenvalue weighted by Gasteiger charge is 2.29. The molecule has 1 aliphatic heterocycles. The minimum Gasteiger partial charge on any atom is -0.456 e. The average molecular weight is 401 g/mol. The fraction of sp³-hybridized carbons (Fsp3) is 0.211. The smallest absolute Gasteiger partial charge is 0.308 e. The predicted octanol–water partition coefficient (Wildman–Crippen LogP) is 1.61. The summed E-state index contributed by atoms with van der Waals surface area (Å²) in [7, 11) is -3.61. The lowest BCUT2D eigenvalue weighted by Crippen LogP contribution is -2.23. The predicted molar refractivity (Wildman–Crippen MR) is 104 cm³/mol. The molecule has 0 atom stereocenters. The molecule has 0 unspecified atom stereocenters. The summed E-state index contributed by atoms with van der Waals surface area (Å²) in [4.78, 5) is 28.0. The van der Waals surface area contributed by atoms with E-state index in [1.54, 1.807) is 30.3 Å². The SMILES string of the molecule is Cc1ccccc1NC(=O)COC(=O)CCN=C1NS(=O)(=O)c2ccccc21. The Bertz CT molecular complexity index is 1050. The van der Waals surface area contributed by atoms with Gasteiger partial charge in [-0.05, 0) is 30.7 Å². The molecule has 146 valence electrons. The Morgan fingerprint density at radius 1 is 1.11 bits per heavy atom. The summed E-state index contributed by atoms with van der Waals surface area (Å²) >= 11 is 0. The number of esters is 1. The Hall–Kier alpha value is -3.20. The zero-order valence-electron chi connectivity index (χ0n) is 15.1. The number of carbonyl (C=O) groups is 2. The van der Waals surface area contributed by atoms with Crippen LogP contribution in [0.3, 0.4) is 0 Å². The van der Waals surface area contributed by atoms with E-state index in [9.17, 15) is 18.0 Å². The molecule has 0 radical (unpaired) electrons. The quantitative estimate of drug-likeness (QED) is 0.714. The van der Waals surface area contributed by atoms with Gasteiger partial charge in [0.25, 0.3) is 15.9 Å². The van der Waals surface area contributed by atoms with E-state index in [-0.39, 0.29) is 23.7 Å². The third-order valence-electron chi connectivity index (χ3n) is 4.03. The number of fused-ring (bicyclic) bond motifs is 1. The van der Waals surface area contributed by atoms with E-state index in [4.69, 9.17) is 4.74 Å². The van der Waals surface area contributed by atoms with Crippen LogP contribution in [-0.4, -0.2) is 39.3 Å². The lowest BCUT2D eigenvalue weighted by Gasteiger charge is -2.08. The molecule has 0 saturated heterocycles. The van der Waals surface area contributed by atoms with Crippen LogP contribution in [0.2, 0.25) is 0 Å². The molecule has 9 heteroatoms. The Kier molecular flexibility index (Phi) is 5.74. The summed E-state index contributed by atoms with van der Waals surface area (Å²) < 4.78 is 31.3. The van der Waals surface area contributed by atoms with Crippen molar-refractivity contribution >= 4 is 33.4 Å². The van der Waals surface area contributed by atoms with Gasteiger partial charge in [0.15, 0.2) is 6.61 Å². The number of aryl methyl sites for hydroxylation is 1. The fourth-order valence-corrected chi connectivity index (χ4v) is 3.88. The van der Waals surface area contributed by atoms with E-state index in [1.165, 1.54) is 6.07 Å². The van der Waals surface area contributed by atoms with Gasteiger partial charge < -0.3 is 10.1 Å². The van der Waals surface area contributed by atoms with Crippen LogP contribution in [0.1, 0.15) is 17.5 Å². The first kappa shape index (κ1) is 19.6. The van der Waals surface area contributed by atoms with Crippen molar-refractivity contribution in [1.82, 2.24) is 4.72 Å². The molecule has 0 saturated carbocycles. The van der Waals surface area contributed by atoms with Crippen LogP contribution in [0, 0.1) is 6.92 Å². The van der Waals surface area contributed by atoms with Gasteiger partial charge in [-0.15, -0.1) is 0 Å².